The minimum Gasteiger partial charge on any atom is -0.296 e. The maximum Gasteiger partial charge on any atom is 0.261 e. The molecule has 0 saturated heterocycles. The Labute approximate surface area is 120 Å². The van der Waals surface area contributed by atoms with Crippen molar-refractivity contribution in [3.05, 3.63) is 39.4 Å². The van der Waals surface area contributed by atoms with E-state index in [0.29, 0.717) is 6.04 Å². The molecule has 2 aromatic rings. The van der Waals surface area contributed by atoms with E-state index in [1.165, 1.54) is 25.7 Å². The number of hydrogen-bond donors (Lipinski definition) is 0. The van der Waals surface area contributed by atoms with Crippen molar-refractivity contribution in [3.8, 4) is 0 Å². The highest BCUT2D eigenvalue weighted by Gasteiger charge is 2.16. The van der Waals surface area contributed by atoms with Gasteiger partial charge in [0.05, 0.1) is 17.2 Å². The highest BCUT2D eigenvalue weighted by molar-refractivity contribution is 9.10. The quantitative estimate of drug-likeness (QED) is 0.743. The second-order valence-electron chi connectivity index (χ2n) is 5.26. The number of fused-ring (bicyclic) bond motifs is 1. The van der Waals surface area contributed by atoms with Crippen molar-refractivity contribution in [2.24, 2.45) is 0 Å². The molecule has 0 atom stereocenters. The van der Waals surface area contributed by atoms with Gasteiger partial charge in [0, 0.05) is 10.5 Å². The van der Waals surface area contributed by atoms with E-state index in [-0.39, 0.29) is 5.56 Å². The summed E-state index contributed by atoms with van der Waals surface area (Å²) in [5.74, 6) is 0. The summed E-state index contributed by atoms with van der Waals surface area (Å²) in [6.45, 7) is 0. The van der Waals surface area contributed by atoms with Crippen LogP contribution in [0.4, 0.5) is 0 Å². The van der Waals surface area contributed by atoms with Crippen LogP contribution in [0, 0.1) is 0 Å². The molecule has 0 radical (unpaired) electrons. The largest absolute Gasteiger partial charge is 0.296 e. The number of nitrogens with zero attached hydrogens (tertiary/aromatic N) is 2. The van der Waals surface area contributed by atoms with Crippen molar-refractivity contribution in [3.63, 3.8) is 0 Å². The summed E-state index contributed by atoms with van der Waals surface area (Å²) in [4.78, 5) is 17.0. The molecular weight excluding hydrogens is 304 g/mol. The van der Waals surface area contributed by atoms with Crippen LogP contribution in [-0.2, 0) is 0 Å². The highest BCUT2D eigenvalue weighted by atomic mass is 79.9. The number of hydrogen-bond acceptors (Lipinski definition) is 2. The van der Waals surface area contributed by atoms with E-state index >= 15 is 0 Å². The fourth-order valence-electron chi connectivity index (χ4n) is 2.90. The molecule has 1 aliphatic carbocycles. The standard InChI is InChI=1S/C15H17BrN2O/c16-11-7-8-13-14(9-11)17-10-18(15(13)19)12-5-3-1-2-4-6-12/h7-10,12H,1-6H2. The van der Waals surface area contributed by atoms with Crippen LogP contribution in [0.1, 0.15) is 44.6 Å². The second-order valence-corrected chi connectivity index (χ2v) is 6.18. The lowest BCUT2D eigenvalue weighted by atomic mass is 10.1. The Balaban J connectivity index is 2.07. The van der Waals surface area contributed by atoms with E-state index in [2.05, 4.69) is 20.9 Å². The van der Waals surface area contributed by atoms with Gasteiger partial charge in [-0.1, -0.05) is 41.6 Å². The molecule has 0 aliphatic heterocycles. The molecule has 0 spiro atoms. The monoisotopic (exact) mass is 320 g/mol. The Morgan fingerprint density at radius 3 is 2.63 bits per heavy atom. The van der Waals surface area contributed by atoms with Gasteiger partial charge in [-0.05, 0) is 31.0 Å². The minimum absolute atomic E-state index is 0.101. The van der Waals surface area contributed by atoms with Crippen molar-refractivity contribution >= 4 is 26.8 Å². The Bertz CT molecular complexity index is 642. The van der Waals surface area contributed by atoms with Gasteiger partial charge in [-0.3, -0.25) is 9.36 Å². The summed E-state index contributed by atoms with van der Waals surface area (Å²) in [6, 6.07) is 5.99. The van der Waals surface area contributed by atoms with Crippen LogP contribution in [0.5, 0.6) is 0 Å². The maximum atomic E-state index is 12.6. The summed E-state index contributed by atoms with van der Waals surface area (Å²) in [7, 11) is 0. The third kappa shape index (κ3) is 2.59. The molecule has 1 aromatic carbocycles. The second kappa shape index (κ2) is 5.45. The van der Waals surface area contributed by atoms with Crippen molar-refractivity contribution in [2.45, 2.75) is 44.6 Å². The Morgan fingerprint density at radius 1 is 1.16 bits per heavy atom. The lowest BCUT2D eigenvalue weighted by Gasteiger charge is -2.17. The molecular formula is C15H17BrN2O. The van der Waals surface area contributed by atoms with E-state index in [4.69, 9.17) is 0 Å². The molecule has 3 rings (SSSR count). The molecule has 100 valence electrons. The first-order valence-corrected chi connectivity index (χ1v) is 7.71. The van der Waals surface area contributed by atoms with E-state index < -0.39 is 0 Å². The van der Waals surface area contributed by atoms with Gasteiger partial charge in [0.15, 0.2) is 0 Å². The minimum atomic E-state index is 0.101. The first-order valence-electron chi connectivity index (χ1n) is 6.92. The van der Waals surface area contributed by atoms with Crippen LogP contribution in [0.3, 0.4) is 0 Å². The molecule has 1 fully saturated rings. The summed E-state index contributed by atoms with van der Waals surface area (Å²) in [6.07, 6.45) is 8.95. The van der Waals surface area contributed by atoms with Crippen LogP contribution in [0.15, 0.2) is 33.8 Å². The van der Waals surface area contributed by atoms with Crippen molar-refractivity contribution in [2.75, 3.05) is 0 Å². The maximum absolute atomic E-state index is 12.6. The first-order chi connectivity index (χ1) is 9.25. The van der Waals surface area contributed by atoms with Crippen molar-refractivity contribution < 1.29 is 0 Å². The van der Waals surface area contributed by atoms with Gasteiger partial charge in [0.25, 0.3) is 5.56 Å². The predicted molar refractivity (Wildman–Crippen MR) is 80.4 cm³/mol. The molecule has 1 aliphatic rings. The number of halogens is 1. The molecule has 3 nitrogen and oxygen atoms in total. The van der Waals surface area contributed by atoms with E-state index in [0.717, 1.165) is 28.2 Å². The first kappa shape index (κ1) is 12.9. The summed E-state index contributed by atoms with van der Waals surface area (Å²) >= 11 is 3.41. The van der Waals surface area contributed by atoms with Gasteiger partial charge in [-0.25, -0.2) is 4.98 Å². The number of benzene rings is 1. The number of rotatable bonds is 1. The molecule has 1 aromatic heterocycles. The van der Waals surface area contributed by atoms with Crippen LogP contribution < -0.4 is 5.56 Å². The third-order valence-corrected chi connectivity index (χ3v) is 4.46. The lowest BCUT2D eigenvalue weighted by Crippen LogP contribution is -2.25. The molecule has 0 amide bonds. The molecule has 0 N–H and O–H groups in total. The fourth-order valence-corrected chi connectivity index (χ4v) is 3.25. The van der Waals surface area contributed by atoms with E-state index in [1.807, 2.05) is 22.8 Å². The molecule has 4 heteroatoms. The normalized spacial score (nSPS) is 17.5. The van der Waals surface area contributed by atoms with Gasteiger partial charge < -0.3 is 0 Å². The zero-order chi connectivity index (χ0) is 13.2. The Hall–Kier alpha value is -1.16. The van der Waals surface area contributed by atoms with E-state index in [1.54, 1.807) is 6.33 Å². The molecule has 0 unspecified atom stereocenters. The van der Waals surface area contributed by atoms with Crippen LogP contribution in [0.2, 0.25) is 0 Å². The molecule has 19 heavy (non-hydrogen) atoms. The zero-order valence-corrected chi connectivity index (χ0v) is 12.4. The summed E-state index contributed by atoms with van der Waals surface area (Å²) < 4.78 is 2.81. The van der Waals surface area contributed by atoms with Gasteiger partial charge in [0.1, 0.15) is 0 Å². The Kier molecular flexibility index (Phi) is 3.69. The number of aromatic nitrogens is 2. The third-order valence-electron chi connectivity index (χ3n) is 3.96. The van der Waals surface area contributed by atoms with Gasteiger partial charge >= 0.3 is 0 Å². The van der Waals surface area contributed by atoms with Crippen LogP contribution in [-0.4, -0.2) is 9.55 Å². The average Bonchev–Trinajstić information content (AvgIpc) is 2.68. The van der Waals surface area contributed by atoms with Crippen LogP contribution in [0.25, 0.3) is 10.9 Å². The van der Waals surface area contributed by atoms with Crippen molar-refractivity contribution in [1.82, 2.24) is 9.55 Å². The molecule has 1 saturated carbocycles. The highest BCUT2D eigenvalue weighted by Crippen LogP contribution is 2.26. The topological polar surface area (TPSA) is 34.9 Å². The fraction of sp³-hybridized carbons (Fsp3) is 0.467. The molecule has 1 heterocycles. The predicted octanol–water partition coefficient (Wildman–Crippen LogP) is 4.05. The SMILES string of the molecule is O=c1c2ccc(Br)cc2ncn1C1CCCCCC1. The lowest BCUT2D eigenvalue weighted by molar-refractivity contribution is 0.430. The van der Waals surface area contributed by atoms with Gasteiger partial charge in [0.2, 0.25) is 0 Å². The zero-order valence-electron chi connectivity index (χ0n) is 10.8. The Morgan fingerprint density at radius 2 is 1.89 bits per heavy atom. The van der Waals surface area contributed by atoms with Crippen LogP contribution >= 0.6 is 15.9 Å². The van der Waals surface area contributed by atoms with E-state index in [9.17, 15) is 4.79 Å². The molecule has 0 bridgehead atoms. The average molecular weight is 321 g/mol. The van der Waals surface area contributed by atoms with Gasteiger partial charge in [-0.2, -0.15) is 0 Å². The smallest absolute Gasteiger partial charge is 0.261 e. The van der Waals surface area contributed by atoms with Gasteiger partial charge in [-0.15, -0.1) is 0 Å². The summed E-state index contributed by atoms with van der Waals surface area (Å²) in [5, 5.41) is 0.718. The summed E-state index contributed by atoms with van der Waals surface area (Å²) in [5.41, 5.74) is 0.869. The van der Waals surface area contributed by atoms with Crippen molar-refractivity contribution in [1.29, 1.82) is 0 Å².